The first-order valence-corrected chi connectivity index (χ1v) is 10.5. The van der Waals surface area contributed by atoms with Crippen molar-refractivity contribution < 1.29 is 4.79 Å². The maximum atomic E-state index is 12.6. The summed E-state index contributed by atoms with van der Waals surface area (Å²) in [6, 6.07) is 8.40. The molecule has 1 aromatic carbocycles. The van der Waals surface area contributed by atoms with E-state index in [9.17, 15) is 4.79 Å². The molecule has 3 heterocycles. The summed E-state index contributed by atoms with van der Waals surface area (Å²) in [7, 11) is 1.76. The van der Waals surface area contributed by atoms with Crippen LogP contribution in [0.4, 0.5) is 5.82 Å². The van der Waals surface area contributed by atoms with E-state index in [0.717, 1.165) is 38.5 Å². The van der Waals surface area contributed by atoms with Crippen molar-refractivity contribution in [2.24, 2.45) is 0 Å². The molecule has 0 atom stereocenters. The largest absolute Gasteiger partial charge is 0.393 e. The number of nitrogens with zero attached hydrogens (tertiary/aromatic N) is 4. The lowest BCUT2D eigenvalue weighted by atomic mass is 10.0. The lowest BCUT2D eigenvalue weighted by molar-refractivity contribution is -0.127. The highest BCUT2D eigenvalue weighted by molar-refractivity contribution is 7.13. The van der Waals surface area contributed by atoms with Crippen LogP contribution in [-0.4, -0.2) is 78.7 Å². The molecule has 2 saturated heterocycles. The molecule has 2 N–H and O–H groups in total. The van der Waals surface area contributed by atoms with Gasteiger partial charge in [0.05, 0.1) is 10.3 Å². The second-order valence-electron chi connectivity index (χ2n) is 7.20. The van der Waals surface area contributed by atoms with Crippen molar-refractivity contribution in [1.82, 2.24) is 19.5 Å². The first-order valence-electron chi connectivity index (χ1n) is 9.73. The molecule has 0 spiro atoms. The van der Waals surface area contributed by atoms with E-state index in [1.807, 2.05) is 4.90 Å². The Labute approximate surface area is 169 Å². The van der Waals surface area contributed by atoms with Gasteiger partial charge >= 0.3 is 0 Å². The molecule has 2 aliphatic rings. The number of aromatic nitrogens is 1. The zero-order chi connectivity index (χ0) is 19.5. The molecular formula is C20H26N6OS. The van der Waals surface area contributed by atoms with Crippen molar-refractivity contribution in [2.75, 3.05) is 57.8 Å². The van der Waals surface area contributed by atoms with Crippen LogP contribution in [0.2, 0.25) is 0 Å². The number of piperidine rings is 1. The summed E-state index contributed by atoms with van der Waals surface area (Å²) < 4.78 is 5.91. The number of anilines is 1. The van der Waals surface area contributed by atoms with Gasteiger partial charge in [0.15, 0.2) is 0 Å². The number of hydrogen-bond donors (Lipinski definition) is 2. The number of carbonyl (C=O) groups excluding carboxylic acids is 1. The standard InChI is InChI=1S/C20H26N6OS/c1-22-14-16-17(21)6-7-26(20(16)27)13-10-24-8-11-25(12-9-24)19-15-4-2-3-5-18(15)28-23-19/h2-5,14,21-22H,6-13H2,1H3/b16-14+,21-17?. The van der Waals surface area contributed by atoms with Crippen molar-refractivity contribution >= 4 is 39.1 Å². The molecule has 1 aromatic heterocycles. The summed E-state index contributed by atoms with van der Waals surface area (Å²) >= 11 is 1.56. The number of carbonyl (C=O) groups is 1. The summed E-state index contributed by atoms with van der Waals surface area (Å²) in [5.74, 6) is 1.07. The van der Waals surface area contributed by atoms with Crippen LogP contribution < -0.4 is 10.2 Å². The van der Waals surface area contributed by atoms with Gasteiger partial charge in [-0.3, -0.25) is 9.69 Å². The number of amides is 1. The van der Waals surface area contributed by atoms with Gasteiger partial charge in [-0.05, 0) is 23.7 Å². The van der Waals surface area contributed by atoms with Gasteiger partial charge in [0, 0.05) is 76.6 Å². The zero-order valence-corrected chi connectivity index (χ0v) is 17.0. The molecule has 0 radical (unpaired) electrons. The van der Waals surface area contributed by atoms with Crippen molar-refractivity contribution in [1.29, 1.82) is 5.41 Å². The lowest BCUT2D eigenvalue weighted by Crippen LogP contribution is -2.50. The Hall–Kier alpha value is -2.45. The molecule has 0 bridgehead atoms. The van der Waals surface area contributed by atoms with Gasteiger partial charge in [-0.15, -0.1) is 0 Å². The van der Waals surface area contributed by atoms with E-state index < -0.39 is 0 Å². The van der Waals surface area contributed by atoms with Crippen molar-refractivity contribution in [3.05, 3.63) is 36.0 Å². The second kappa shape index (κ2) is 8.28. The Morgan fingerprint density at radius 1 is 1.18 bits per heavy atom. The second-order valence-corrected chi connectivity index (χ2v) is 8.00. The topological polar surface area (TPSA) is 75.6 Å². The van der Waals surface area contributed by atoms with Gasteiger partial charge in [0.2, 0.25) is 0 Å². The van der Waals surface area contributed by atoms with Crippen LogP contribution in [0, 0.1) is 5.41 Å². The van der Waals surface area contributed by atoms with Crippen LogP contribution >= 0.6 is 11.5 Å². The first kappa shape index (κ1) is 18.9. The van der Waals surface area contributed by atoms with Crippen LogP contribution in [0.1, 0.15) is 6.42 Å². The Kier molecular flexibility index (Phi) is 5.59. The quantitative estimate of drug-likeness (QED) is 0.751. The average molecular weight is 399 g/mol. The third-order valence-corrected chi connectivity index (χ3v) is 6.30. The predicted octanol–water partition coefficient (Wildman–Crippen LogP) is 1.77. The first-order chi connectivity index (χ1) is 13.7. The summed E-state index contributed by atoms with van der Waals surface area (Å²) in [6.45, 7) is 6.09. The highest BCUT2D eigenvalue weighted by Crippen LogP contribution is 2.29. The Morgan fingerprint density at radius 3 is 2.75 bits per heavy atom. The Morgan fingerprint density at radius 2 is 1.96 bits per heavy atom. The van der Waals surface area contributed by atoms with Crippen LogP contribution in [0.25, 0.3) is 10.1 Å². The molecule has 148 valence electrons. The van der Waals surface area contributed by atoms with Crippen LogP contribution in [0.3, 0.4) is 0 Å². The number of hydrogen-bond acceptors (Lipinski definition) is 7. The Balaban J connectivity index is 1.31. The fourth-order valence-electron chi connectivity index (χ4n) is 3.83. The summed E-state index contributed by atoms with van der Waals surface area (Å²) in [5, 5.41) is 12.1. The minimum atomic E-state index is -0.0295. The molecule has 2 aromatic rings. The molecule has 4 rings (SSSR count). The monoisotopic (exact) mass is 398 g/mol. The number of rotatable bonds is 5. The van der Waals surface area contributed by atoms with Crippen LogP contribution in [-0.2, 0) is 4.79 Å². The average Bonchev–Trinajstić information content (AvgIpc) is 3.15. The van der Waals surface area contributed by atoms with E-state index in [0.29, 0.717) is 30.8 Å². The predicted molar refractivity (Wildman–Crippen MR) is 114 cm³/mol. The zero-order valence-electron chi connectivity index (χ0n) is 16.1. The molecule has 0 aliphatic carbocycles. The minimum Gasteiger partial charge on any atom is -0.393 e. The molecule has 7 nitrogen and oxygen atoms in total. The summed E-state index contributed by atoms with van der Waals surface area (Å²) in [5.41, 5.74) is 0.925. The maximum absolute atomic E-state index is 12.6. The van der Waals surface area contributed by atoms with Gasteiger partial charge < -0.3 is 20.5 Å². The number of fused-ring (bicyclic) bond motifs is 1. The molecule has 28 heavy (non-hydrogen) atoms. The van der Waals surface area contributed by atoms with E-state index >= 15 is 0 Å². The highest BCUT2D eigenvalue weighted by Gasteiger charge is 2.28. The van der Waals surface area contributed by atoms with E-state index in [1.165, 1.54) is 10.1 Å². The van der Waals surface area contributed by atoms with Crippen molar-refractivity contribution in [2.45, 2.75) is 6.42 Å². The van der Waals surface area contributed by atoms with Gasteiger partial charge in [-0.2, -0.15) is 4.37 Å². The Bertz CT molecular complexity index is 899. The third-order valence-electron chi connectivity index (χ3n) is 5.48. The van der Waals surface area contributed by atoms with E-state index in [-0.39, 0.29) is 5.91 Å². The molecular weight excluding hydrogens is 372 g/mol. The number of benzene rings is 1. The van der Waals surface area contributed by atoms with Crippen molar-refractivity contribution in [3.63, 3.8) is 0 Å². The third kappa shape index (κ3) is 3.74. The smallest absolute Gasteiger partial charge is 0.257 e. The number of nitrogens with one attached hydrogen (secondary N) is 2. The molecule has 0 unspecified atom stereocenters. The van der Waals surface area contributed by atoms with Crippen LogP contribution in [0.5, 0.6) is 0 Å². The summed E-state index contributed by atoms with van der Waals surface area (Å²) in [6.07, 6.45) is 2.28. The SMILES string of the molecule is CN/C=C1\C(=N)CCN(CCN2CCN(c3nsc4ccccc34)CC2)C1=O. The lowest BCUT2D eigenvalue weighted by Gasteiger charge is -2.37. The number of piperazine rings is 1. The van der Waals surface area contributed by atoms with Gasteiger partial charge in [-0.25, -0.2) is 0 Å². The normalized spacial score (nSPS) is 20.4. The molecule has 1 amide bonds. The maximum Gasteiger partial charge on any atom is 0.257 e. The van der Waals surface area contributed by atoms with Gasteiger partial charge in [-0.1, -0.05) is 12.1 Å². The van der Waals surface area contributed by atoms with E-state index in [2.05, 4.69) is 43.8 Å². The van der Waals surface area contributed by atoms with E-state index in [4.69, 9.17) is 5.41 Å². The molecule has 2 fully saturated rings. The fraction of sp³-hybridized carbons (Fsp3) is 0.450. The van der Waals surface area contributed by atoms with Gasteiger partial charge in [0.1, 0.15) is 5.82 Å². The van der Waals surface area contributed by atoms with Gasteiger partial charge in [0.25, 0.3) is 5.91 Å². The van der Waals surface area contributed by atoms with Crippen LogP contribution in [0.15, 0.2) is 36.0 Å². The van der Waals surface area contributed by atoms with Crippen molar-refractivity contribution in [3.8, 4) is 0 Å². The molecule has 0 saturated carbocycles. The number of likely N-dealkylation sites (tertiary alicyclic amines) is 1. The van der Waals surface area contributed by atoms with E-state index in [1.54, 1.807) is 24.8 Å². The fourth-order valence-corrected chi connectivity index (χ4v) is 4.63. The highest BCUT2D eigenvalue weighted by atomic mass is 32.1. The molecule has 8 heteroatoms. The summed E-state index contributed by atoms with van der Waals surface area (Å²) in [4.78, 5) is 19.2. The minimum absolute atomic E-state index is 0.0295. The molecule has 2 aliphatic heterocycles.